The molecule has 0 amide bonds. The quantitative estimate of drug-likeness (QED) is 0.343. The largest absolute Gasteiger partial charge is 0.373 e. The molecule has 3 rings (SSSR count). The minimum atomic E-state index is 0.867. The van der Waals surface area contributed by atoms with Crippen LogP contribution in [0.5, 0.6) is 0 Å². The van der Waals surface area contributed by atoms with Crippen LogP contribution < -0.4 is 0 Å². The Morgan fingerprint density at radius 1 is 0.829 bits per heavy atom. The van der Waals surface area contributed by atoms with Gasteiger partial charge in [0.2, 0.25) is 0 Å². The Bertz CT molecular complexity index is 900. The number of allylic oxidation sites excluding steroid dienone is 2. The van der Waals surface area contributed by atoms with E-state index in [1.165, 1.54) is 39.5 Å². The lowest BCUT2D eigenvalue weighted by Crippen LogP contribution is -2.47. The van der Waals surface area contributed by atoms with Gasteiger partial charge in [-0.1, -0.05) is 39.5 Å². The average Bonchev–Trinajstić information content (AvgIpc) is 2.87. The Kier molecular flexibility index (Phi) is 10.3. The third kappa shape index (κ3) is 6.91. The van der Waals surface area contributed by atoms with E-state index < -0.39 is 0 Å². The van der Waals surface area contributed by atoms with E-state index in [9.17, 15) is 0 Å². The zero-order valence-corrected chi connectivity index (χ0v) is 23.4. The van der Waals surface area contributed by atoms with Crippen LogP contribution in [-0.4, -0.2) is 84.3 Å². The van der Waals surface area contributed by atoms with Gasteiger partial charge in [0.05, 0.1) is 5.84 Å². The fraction of sp³-hybridized carbons (Fsp3) is 0.633. The maximum Gasteiger partial charge on any atom is 0.0987 e. The van der Waals surface area contributed by atoms with Crippen LogP contribution >= 0.6 is 0 Å². The van der Waals surface area contributed by atoms with E-state index in [0.29, 0.717) is 0 Å². The molecule has 2 aliphatic heterocycles. The summed E-state index contributed by atoms with van der Waals surface area (Å²) in [6.45, 7) is 28.4. The molecule has 194 valence electrons. The Hall–Kier alpha value is -2.27. The molecule has 0 bridgehead atoms. The van der Waals surface area contributed by atoms with E-state index >= 15 is 0 Å². The number of piperazine rings is 2. The zero-order chi connectivity index (χ0) is 25.4. The first-order valence-corrected chi connectivity index (χ1v) is 13.9. The summed E-state index contributed by atoms with van der Waals surface area (Å²) in [7, 11) is 0. The van der Waals surface area contributed by atoms with Crippen LogP contribution in [0.25, 0.3) is 5.70 Å². The maximum absolute atomic E-state index is 4.70. The summed E-state index contributed by atoms with van der Waals surface area (Å²) >= 11 is 0. The van der Waals surface area contributed by atoms with Gasteiger partial charge in [0.1, 0.15) is 0 Å². The molecule has 5 nitrogen and oxygen atoms in total. The Morgan fingerprint density at radius 2 is 1.46 bits per heavy atom. The minimum absolute atomic E-state index is 0.867. The van der Waals surface area contributed by atoms with Crippen molar-refractivity contribution in [2.24, 2.45) is 4.99 Å². The van der Waals surface area contributed by atoms with Crippen molar-refractivity contribution >= 4 is 11.5 Å². The summed E-state index contributed by atoms with van der Waals surface area (Å²) in [6, 6.07) is 4.79. The van der Waals surface area contributed by atoms with E-state index in [1.807, 2.05) is 0 Å². The summed E-state index contributed by atoms with van der Waals surface area (Å²) in [5.74, 6) is 1.25. The standard InChI is InChI=1S/C30H49N5/c1-8-12-28(9-2)34-15-13-32(14-16-34)23-27-22-29(25(6)21-24(27)5)26(7)33-17-19-35(20-18-33)30(10-3)31-11-4/h12,21-22H,7-11,13-20,23H2,1-6H3/b28-12+,31-30?. The van der Waals surface area contributed by atoms with Crippen LogP contribution in [-0.2, 0) is 6.54 Å². The predicted octanol–water partition coefficient (Wildman–Crippen LogP) is 5.54. The van der Waals surface area contributed by atoms with Crippen molar-refractivity contribution in [1.82, 2.24) is 19.6 Å². The number of hydrogen-bond donors (Lipinski definition) is 0. The van der Waals surface area contributed by atoms with E-state index in [0.717, 1.165) is 84.7 Å². The molecule has 0 radical (unpaired) electrons. The highest BCUT2D eigenvalue weighted by Crippen LogP contribution is 2.27. The third-order valence-electron chi connectivity index (χ3n) is 7.65. The van der Waals surface area contributed by atoms with Gasteiger partial charge in [0.15, 0.2) is 0 Å². The monoisotopic (exact) mass is 479 g/mol. The van der Waals surface area contributed by atoms with Crippen molar-refractivity contribution in [3.8, 4) is 0 Å². The molecule has 0 aliphatic carbocycles. The molecule has 0 unspecified atom stereocenters. The van der Waals surface area contributed by atoms with Gasteiger partial charge in [0, 0.05) is 88.8 Å². The van der Waals surface area contributed by atoms with Crippen molar-refractivity contribution in [3.05, 3.63) is 52.7 Å². The highest BCUT2D eigenvalue weighted by molar-refractivity contribution is 5.82. The molecule has 2 aliphatic rings. The van der Waals surface area contributed by atoms with Crippen molar-refractivity contribution in [2.75, 3.05) is 58.9 Å². The van der Waals surface area contributed by atoms with Gasteiger partial charge in [-0.05, 0) is 56.4 Å². The van der Waals surface area contributed by atoms with Crippen LogP contribution in [0.3, 0.4) is 0 Å². The highest BCUT2D eigenvalue weighted by Gasteiger charge is 2.23. The number of aryl methyl sites for hydroxylation is 2. The molecule has 2 heterocycles. The van der Waals surface area contributed by atoms with Crippen molar-refractivity contribution < 1.29 is 0 Å². The molecule has 0 spiro atoms. The molecule has 2 saturated heterocycles. The molecular formula is C30H49N5. The molecular weight excluding hydrogens is 430 g/mol. The fourth-order valence-corrected chi connectivity index (χ4v) is 5.57. The molecule has 0 aromatic heterocycles. The van der Waals surface area contributed by atoms with E-state index in [4.69, 9.17) is 4.99 Å². The van der Waals surface area contributed by atoms with E-state index in [1.54, 1.807) is 0 Å². The molecule has 0 saturated carbocycles. The molecule has 5 heteroatoms. The Labute approximate surface area is 215 Å². The Morgan fingerprint density at radius 3 is 2.03 bits per heavy atom. The number of amidine groups is 1. The van der Waals surface area contributed by atoms with Crippen LogP contribution in [0.15, 0.2) is 35.5 Å². The van der Waals surface area contributed by atoms with Gasteiger partial charge in [-0.3, -0.25) is 9.89 Å². The van der Waals surface area contributed by atoms with E-state index in [2.05, 4.69) is 85.9 Å². The number of benzene rings is 1. The summed E-state index contributed by atoms with van der Waals surface area (Å²) in [6.07, 6.45) is 5.67. The summed E-state index contributed by atoms with van der Waals surface area (Å²) in [5.41, 5.74) is 8.19. The molecule has 1 aromatic rings. The lowest BCUT2D eigenvalue weighted by atomic mass is 9.97. The lowest BCUT2D eigenvalue weighted by molar-refractivity contribution is 0.150. The average molecular weight is 480 g/mol. The second kappa shape index (κ2) is 13.2. The van der Waals surface area contributed by atoms with Gasteiger partial charge in [-0.2, -0.15) is 0 Å². The predicted molar refractivity (Wildman–Crippen MR) is 152 cm³/mol. The van der Waals surface area contributed by atoms with Gasteiger partial charge >= 0.3 is 0 Å². The van der Waals surface area contributed by atoms with Crippen molar-refractivity contribution in [3.63, 3.8) is 0 Å². The summed E-state index contributed by atoms with van der Waals surface area (Å²) in [4.78, 5) is 14.8. The van der Waals surface area contributed by atoms with Crippen LogP contribution in [0.4, 0.5) is 0 Å². The molecule has 2 fully saturated rings. The van der Waals surface area contributed by atoms with E-state index in [-0.39, 0.29) is 0 Å². The maximum atomic E-state index is 4.70. The third-order valence-corrected chi connectivity index (χ3v) is 7.65. The minimum Gasteiger partial charge on any atom is -0.373 e. The topological polar surface area (TPSA) is 25.3 Å². The molecule has 0 atom stereocenters. The van der Waals surface area contributed by atoms with Crippen LogP contribution in [0.2, 0.25) is 0 Å². The fourth-order valence-electron chi connectivity index (χ4n) is 5.57. The number of aliphatic imine (C=N–C) groups is 1. The highest BCUT2D eigenvalue weighted by atomic mass is 15.3. The van der Waals surface area contributed by atoms with Crippen LogP contribution in [0.1, 0.15) is 69.2 Å². The SMILES string of the molecule is C=C(c1cc(CN2CCN(/C(=C/CC)CC)CC2)c(C)cc1C)N1CCN(C(CC)=NCC)CC1. The summed E-state index contributed by atoms with van der Waals surface area (Å²) in [5, 5.41) is 0. The summed E-state index contributed by atoms with van der Waals surface area (Å²) < 4.78 is 0. The zero-order valence-electron chi connectivity index (χ0n) is 23.4. The first-order valence-electron chi connectivity index (χ1n) is 13.9. The molecule has 1 aromatic carbocycles. The van der Waals surface area contributed by atoms with Gasteiger partial charge in [0.25, 0.3) is 0 Å². The van der Waals surface area contributed by atoms with Gasteiger partial charge in [-0.15, -0.1) is 0 Å². The number of rotatable bonds is 9. The van der Waals surface area contributed by atoms with Gasteiger partial charge < -0.3 is 14.7 Å². The second-order valence-electron chi connectivity index (χ2n) is 9.98. The normalized spacial score (nSPS) is 18.4. The van der Waals surface area contributed by atoms with Gasteiger partial charge in [-0.25, -0.2) is 0 Å². The van der Waals surface area contributed by atoms with Crippen molar-refractivity contribution in [2.45, 2.75) is 67.3 Å². The first kappa shape index (κ1) is 27.3. The van der Waals surface area contributed by atoms with Crippen molar-refractivity contribution in [1.29, 1.82) is 0 Å². The Balaban J connectivity index is 1.64. The lowest BCUT2D eigenvalue weighted by Gasteiger charge is -2.39. The number of hydrogen-bond acceptors (Lipinski definition) is 4. The first-order chi connectivity index (χ1) is 16.9. The smallest absolute Gasteiger partial charge is 0.0987 e. The van der Waals surface area contributed by atoms with Crippen LogP contribution in [0, 0.1) is 13.8 Å². The molecule has 35 heavy (non-hydrogen) atoms. The second-order valence-corrected chi connectivity index (χ2v) is 9.98. The molecule has 0 N–H and O–H groups in total. The number of nitrogens with zero attached hydrogens (tertiary/aromatic N) is 5.